The van der Waals surface area contributed by atoms with E-state index in [4.69, 9.17) is 0 Å². The van der Waals surface area contributed by atoms with Crippen molar-refractivity contribution in [3.63, 3.8) is 0 Å². The topological polar surface area (TPSA) is 63.0 Å². The highest BCUT2D eigenvalue weighted by molar-refractivity contribution is 4.92. The first-order chi connectivity index (χ1) is 6.68. The maximum absolute atomic E-state index is 9.64. The van der Waals surface area contributed by atoms with Gasteiger partial charge in [-0.3, -0.25) is 0 Å². The molecule has 2 unspecified atom stereocenters. The molecule has 1 aromatic rings. The molecule has 0 radical (unpaired) electrons. The maximum Gasteiger partial charge on any atom is 0.153 e. The Kier molecular flexibility index (Phi) is 2.52. The van der Waals surface area contributed by atoms with Crippen molar-refractivity contribution < 1.29 is 5.11 Å². The minimum Gasteiger partial charge on any atom is -0.390 e. The van der Waals surface area contributed by atoms with Crippen molar-refractivity contribution in [2.75, 3.05) is 13.1 Å². The van der Waals surface area contributed by atoms with Gasteiger partial charge in [0.05, 0.1) is 12.1 Å². The zero-order valence-corrected chi connectivity index (χ0v) is 8.51. The molecule has 5 nitrogen and oxygen atoms in total. The Hall–Kier alpha value is -0.940. The van der Waals surface area contributed by atoms with E-state index in [1.54, 1.807) is 11.0 Å². The lowest BCUT2D eigenvalue weighted by molar-refractivity contribution is 0.144. The number of nitrogens with zero attached hydrogens (tertiary/aromatic N) is 3. The number of hydrogen-bond acceptors (Lipinski definition) is 4. The number of aliphatic hydroxyl groups is 1. The predicted molar refractivity (Wildman–Crippen MR) is 52.0 cm³/mol. The smallest absolute Gasteiger partial charge is 0.153 e. The first-order valence-electron chi connectivity index (χ1n) is 4.98. The number of β-amino-alcohol motifs (C(OH)–C–C–N with tert-alkyl or cyclic N) is 1. The molecule has 1 fully saturated rings. The van der Waals surface area contributed by atoms with Crippen molar-refractivity contribution >= 4 is 0 Å². The van der Waals surface area contributed by atoms with Gasteiger partial charge in [0, 0.05) is 19.0 Å². The molecule has 2 atom stereocenters. The summed E-state index contributed by atoms with van der Waals surface area (Å²) in [6.07, 6.45) is 1.35. The number of aromatic nitrogens is 3. The van der Waals surface area contributed by atoms with Crippen LogP contribution in [0.25, 0.3) is 0 Å². The third-order valence-electron chi connectivity index (χ3n) is 2.53. The molecule has 2 N–H and O–H groups in total. The molecule has 0 bridgehead atoms. The van der Waals surface area contributed by atoms with E-state index in [9.17, 15) is 5.11 Å². The molecule has 0 spiro atoms. The molecule has 1 aromatic heterocycles. The van der Waals surface area contributed by atoms with Gasteiger partial charge in [0.15, 0.2) is 5.82 Å². The zero-order valence-electron chi connectivity index (χ0n) is 8.51. The Labute approximate surface area is 83.2 Å². The van der Waals surface area contributed by atoms with Gasteiger partial charge in [0.25, 0.3) is 0 Å². The SMILES string of the molecule is CC(C)c1ncn(C2CNCC2O)n1. The van der Waals surface area contributed by atoms with E-state index < -0.39 is 0 Å². The normalized spacial score (nSPS) is 27.4. The van der Waals surface area contributed by atoms with Crippen LogP contribution in [0.4, 0.5) is 0 Å². The van der Waals surface area contributed by atoms with Crippen LogP contribution < -0.4 is 5.32 Å². The number of hydrogen-bond donors (Lipinski definition) is 2. The van der Waals surface area contributed by atoms with E-state index in [-0.39, 0.29) is 12.1 Å². The largest absolute Gasteiger partial charge is 0.390 e. The molecular formula is C9H16N4O. The van der Waals surface area contributed by atoms with Crippen LogP contribution in [0, 0.1) is 0 Å². The van der Waals surface area contributed by atoms with Crippen LogP contribution in [0.2, 0.25) is 0 Å². The molecule has 0 aliphatic carbocycles. The molecule has 78 valence electrons. The van der Waals surface area contributed by atoms with Gasteiger partial charge in [-0.1, -0.05) is 13.8 Å². The molecule has 2 heterocycles. The van der Waals surface area contributed by atoms with Crippen LogP contribution in [0.15, 0.2) is 6.33 Å². The van der Waals surface area contributed by atoms with Crippen molar-refractivity contribution in [2.45, 2.75) is 31.9 Å². The lowest BCUT2D eigenvalue weighted by Crippen LogP contribution is -2.22. The van der Waals surface area contributed by atoms with Gasteiger partial charge in [-0.05, 0) is 0 Å². The van der Waals surface area contributed by atoms with Gasteiger partial charge < -0.3 is 10.4 Å². The van der Waals surface area contributed by atoms with Crippen LogP contribution in [0.1, 0.15) is 31.6 Å². The number of rotatable bonds is 2. The van der Waals surface area contributed by atoms with Gasteiger partial charge in [-0.2, -0.15) is 5.10 Å². The van der Waals surface area contributed by atoms with Crippen molar-refractivity contribution in [2.24, 2.45) is 0 Å². The zero-order chi connectivity index (χ0) is 10.1. The summed E-state index contributed by atoms with van der Waals surface area (Å²) in [6, 6.07) is 0.0370. The fraction of sp³-hybridized carbons (Fsp3) is 0.778. The third kappa shape index (κ3) is 1.65. The first kappa shape index (κ1) is 9.61. The van der Waals surface area contributed by atoms with Gasteiger partial charge in [0.1, 0.15) is 6.33 Å². The van der Waals surface area contributed by atoms with Gasteiger partial charge in [0.2, 0.25) is 0 Å². The quantitative estimate of drug-likeness (QED) is 0.693. The van der Waals surface area contributed by atoms with Crippen molar-refractivity contribution in [1.82, 2.24) is 20.1 Å². The molecular weight excluding hydrogens is 180 g/mol. The second-order valence-electron chi connectivity index (χ2n) is 4.03. The molecule has 0 saturated carbocycles. The molecule has 5 heteroatoms. The van der Waals surface area contributed by atoms with Gasteiger partial charge in [-0.25, -0.2) is 9.67 Å². The summed E-state index contributed by atoms with van der Waals surface area (Å²) >= 11 is 0. The Morgan fingerprint density at radius 3 is 2.86 bits per heavy atom. The lowest BCUT2D eigenvalue weighted by atomic mass is 10.2. The second kappa shape index (κ2) is 3.67. The Morgan fingerprint density at radius 1 is 1.57 bits per heavy atom. The van der Waals surface area contributed by atoms with Crippen LogP contribution in [-0.2, 0) is 0 Å². The van der Waals surface area contributed by atoms with Crippen LogP contribution in [0.3, 0.4) is 0 Å². The minimum atomic E-state index is -0.350. The fourth-order valence-electron chi connectivity index (χ4n) is 1.63. The van der Waals surface area contributed by atoms with E-state index in [1.165, 1.54) is 0 Å². The van der Waals surface area contributed by atoms with Crippen LogP contribution in [0.5, 0.6) is 0 Å². The molecule has 1 saturated heterocycles. The molecule has 1 aliphatic heterocycles. The highest BCUT2D eigenvalue weighted by Crippen LogP contribution is 2.16. The molecule has 14 heavy (non-hydrogen) atoms. The standard InChI is InChI=1S/C9H16N4O/c1-6(2)9-11-5-13(12-9)7-3-10-4-8(7)14/h5-8,10,14H,3-4H2,1-2H3. The first-order valence-corrected chi connectivity index (χ1v) is 4.98. The van der Waals surface area contributed by atoms with E-state index in [0.717, 1.165) is 12.4 Å². The Bertz CT molecular complexity index is 310. The summed E-state index contributed by atoms with van der Waals surface area (Å²) in [4.78, 5) is 4.21. The van der Waals surface area contributed by atoms with Gasteiger partial charge in [-0.15, -0.1) is 0 Å². The van der Waals surface area contributed by atoms with E-state index in [0.29, 0.717) is 12.5 Å². The highest BCUT2D eigenvalue weighted by atomic mass is 16.3. The number of aliphatic hydroxyl groups excluding tert-OH is 1. The summed E-state index contributed by atoms with van der Waals surface area (Å²) in [7, 11) is 0. The lowest BCUT2D eigenvalue weighted by Gasteiger charge is -2.12. The maximum atomic E-state index is 9.64. The summed E-state index contributed by atoms with van der Waals surface area (Å²) in [5.41, 5.74) is 0. The van der Waals surface area contributed by atoms with E-state index >= 15 is 0 Å². The summed E-state index contributed by atoms with van der Waals surface area (Å²) in [6.45, 7) is 5.52. The second-order valence-corrected chi connectivity index (χ2v) is 4.03. The Balaban J connectivity index is 2.16. The highest BCUT2D eigenvalue weighted by Gasteiger charge is 2.27. The monoisotopic (exact) mass is 196 g/mol. The summed E-state index contributed by atoms with van der Waals surface area (Å²) in [5.74, 6) is 1.17. The van der Waals surface area contributed by atoms with Gasteiger partial charge >= 0.3 is 0 Å². The molecule has 2 rings (SSSR count). The average Bonchev–Trinajstić information content (AvgIpc) is 2.71. The third-order valence-corrected chi connectivity index (χ3v) is 2.53. The summed E-state index contributed by atoms with van der Waals surface area (Å²) < 4.78 is 1.76. The molecule has 1 aliphatic rings. The molecule has 0 aromatic carbocycles. The average molecular weight is 196 g/mol. The van der Waals surface area contributed by atoms with E-state index in [2.05, 4.69) is 29.2 Å². The van der Waals surface area contributed by atoms with Crippen molar-refractivity contribution in [1.29, 1.82) is 0 Å². The Morgan fingerprint density at radius 2 is 2.36 bits per heavy atom. The summed E-state index contributed by atoms with van der Waals surface area (Å²) in [5, 5.41) is 17.1. The fourth-order valence-corrected chi connectivity index (χ4v) is 1.63. The van der Waals surface area contributed by atoms with Crippen molar-refractivity contribution in [3.05, 3.63) is 12.2 Å². The molecule has 0 amide bonds. The minimum absolute atomic E-state index is 0.0370. The number of nitrogens with one attached hydrogen (secondary N) is 1. The van der Waals surface area contributed by atoms with E-state index in [1.807, 2.05) is 0 Å². The van der Waals surface area contributed by atoms with Crippen LogP contribution >= 0.6 is 0 Å². The van der Waals surface area contributed by atoms with Crippen LogP contribution in [-0.4, -0.2) is 39.1 Å². The van der Waals surface area contributed by atoms with Crippen molar-refractivity contribution in [3.8, 4) is 0 Å². The predicted octanol–water partition coefficient (Wildman–Crippen LogP) is -0.0933.